The van der Waals surface area contributed by atoms with Crippen molar-refractivity contribution in [2.45, 2.75) is 196 Å². The van der Waals surface area contributed by atoms with Crippen LogP contribution in [0.3, 0.4) is 0 Å². The Hall–Kier alpha value is -10.7. The molecule has 3 amide bonds. The molecule has 0 spiro atoms. The van der Waals surface area contributed by atoms with E-state index >= 15 is 0 Å². The van der Waals surface area contributed by atoms with Gasteiger partial charge < -0.3 is 54.6 Å². The zero-order chi connectivity index (χ0) is 77.0. The Morgan fingerprint density at radius 1 is 0.557 bits per heavy atom. The molecule has 6 N–H and O–H groups in total. The first-order valence-corrected chi connectivity index (χ1v) is 36.5. The molecule has 0 aliphatic carbocycles. The Morgan fingerprint density at radius 2 is 1.05 bits per heavy atom. The van der Waals surface area contributed by atoms with Gasteiger partial charge >= 0.3 is 17.9 Å². The van der Waals surface area contributed by atoms with Crippen molar-refractivity contribution in [1.29, 1.82) is 0 Å². The summed E-state index contributed by atoms with van der Waals surface area (Å²) in [4.78, 5) is 139. The van der Waals surface area contributed by atoms with E-state index in [4.69, 9.17) is 14.7 Å². The second-order valence-corrected chi connectivity index (χ2v) is 29.5. The van der Waals surface area contributed by atoms with Crippen molar-refractivity contribution in [1.82, 2.24) is 44.6 Å². The van der Waals surface area contributed by atoms with Crippen molar-refractivity contribution in [3.63, 3.8) is 0 Å². The van der Waals surface area contributed by atoms with Gasteiger partial charge in [-0.1, -0.05) is 84.9 Å². The second-order valence-electron chi connectivity index (χ2n) is 29.5. The van der Waals surface area contributed by atoms with Gasteiger partial charge in [0.25, 0.3) is 16.7 Å². The zero-order valence-electron chi connectivity index (χ0n) is 62.9. The van der Waals surface area contributed by atoms with Crippen LogP contribution in [0.15, 0.2) is 149 Å². The number of hydrogen-bond acceptors (Lipinski definition) is 14. The summed E-state index contributed by atoms with van der Waals surface area (Å²) in [5.74, 6) is -5.04. The molecule has 1 fully saturated rings. The van der Waals surface area contributed by atoms with Crippen LogP contribution in [-0.4, -0.2) is 105 Å². The largest absolute Gasteiger partial charge is 0.481 e. The maximum Gasteiger partial charge on any atom is 0.305 e. The summed E-state index contributed by atoms with van der Waals surface area (Å²) in [6.07, 6.45) is 9.77. The molecule has 8 aromatic rings. The highest BCUT2D eigenvalue weighted by atomic mass is 16.5. The lowest BCUT2D eigenvalue weighted by molar-refractivity contribution is -0.139. The SMILES string of the molecule is CCc1ncc([C@H](CC(=O)O)NC(=O)C(CC(C)C)n2ccc(C)cc2=O)cc1-c1cccc(Cc2ccn([C@@H](CC(C)C)C(=O)N[C@@H](CC(=O)O)c3cnc(C)c(N4CCOC(Cc5ccn([C@@H](CC(C)C)C(=O)N[C@@H](CC(=O)O)c6ccnc(-c7c(C)cccc7C)c6)c(=O)c5)[C@@H]4C)c3)c(=O)c2)c1C. The highest BCUT2D eigenvalue weighted by Gasteiger charge is 2.35. The van der Waals surface area contributed by atoms with Gasteiger partial charge in [0.1, 0.15) is 18.1 Å². The number of aromatic nitrogens is 6. The number of carboxylic acids is 3. The first kappa shape index (κ1) is 79.4. The number of benzene rings is 2. The van der Waals surface area contributed by atoms with E-state index in [1.54, 1.807) is 74.4 Å². The van der Waals surface area contributed by atoms with Crippen LogP contribution >= 0.6 is 0 Å². The van der Waals surface area contributed by atoms with Gasteiger partial charge in [-0.3, -0.25) is 58.1 Å². The van der Waals surface area contributed by atoms with E-state index in [-0.39, 0.29) is 42.2 Å². The number of amides is 3. The first-order chi connectivity index (χ1) is 50.4. The topological polar surface area (TPSA) is 316 Å². The van der Waals surface area contributed by atoms with Crippen LogP contribution in [0.4, 0.5) is 5.69 Å². The van der Waals surface area contributed by atoms with Crippen LogP contribution in [0.25, 0.3) is 22.4 Å². The molecule has 1 aliphatic rings. The van der Waals surface area contributed by atoms with E-state index in [2.05, 4.69) is 25.8 Å². The summed E-state index contributed by atoms with van der Waals surface area (Å²) >= 11 is 0. The molecule has 2 aromatic carbocycles. The maximum absolute atomic E-state index is 14.8. The summed E-state index contributed by atoms with van der Waals surface area (Å²) in [6.45, 7) is 25.9. The van der Waals surface area contributed by atoms with Gasteiger partial charge in [-0.15, -0.1) is 0 Å². The van der Waals surface area contributed by atoms with Crippen LogP contribution < -0.4 is 37.5 Å². The summed E-state index contributed by atoms with van der Waals surface area (Å²) in [5, 5.41) is 39.5. The lowest BCUT2D eigenvalue weighted by atomic mass is 9.90. The lowest BCUT2D eigenvalue weighted by Crippen LogP contribution is -2.51. The van der Waals surface area contributed by atoms with Crippen molar-refractivity contribution >= 4 is 41.3 Å². The molecule has 23 heteroatoms. The average Bonchev–Trinajstić information content (AvgIpc) is 0.802. The van der Waals surface area contributed by atoms with E-state index < -0.39 is 108 Å². The molecule has 0 radical (unpaired) electrons. The summed E-state index contributed by atoms with van der Waals surface area (Å²) in [6, 6.07) is 22.5. The fraction of sp³-hybridized carbons (Fsp3) is 0.422. The minimum atomic E-state index is -1.17. The van der Waals surface area contributed by atoms with Gasteiger partial charge in [0.05, 0.1) is 73.2 Å². The quantitative estimate of drug-likeness (QED) is 0.0228. The fourth-order valence-corrected chi connectivity index (χ4v) is 14.4. The normalized spacial score (nSPS) is 15.5. The lowest BCUT2D eigenvalue weighted by Gasteiger charge is -2.41. The molecule has 0 saturated carbocycles. The van der Waals surface area contributed by atoms with Gasteiger partial charge in [0.15, 0.2) is 0 Å². The van der Waals surface area contributed by atoms with Gasteiger partial charge in [-0.25, -0.2) is 0 Å². The second kappa shape index (κ2) is 35.4. The number of nitrogens with one attached hydrogen (secondary N) is 3. The Bertz CT molecular complexity index is 4710. The number of carbonyl (C=O) groups is 6. The number of carbonyl (C=O) groups excluding carboxylic acids is 3. The number of morpholine rings is 1. The number of carboxylic acid groups (broad SMARTS) is 3. The highest BCUT2D eigenvalue weighted by molar-refractivity contribution is 5.84. The Labute approximate surface area is 618 Å². The van der Waals surface area contributed by atoms with E-state index in [9.17, 15) is 58.5 Å². The van der Waals surface area contributed by atoms with Gasteiger partial charge in [0.2, 0.25) is 17.7 Å². The van der Waals surface area contributed by atoms with Crippen molar-refractivity contribution in [2.75, 3.05) is 18.1 Å². The van der Waals surface area contributed by atoms with Crippen LogP contribution in [0.5, 0.6) is 0 Å². The molecular weight excluding hydrogens is 1340 g/mol. The Morgan fingerprint density at radius 3 is 1.57 bits per heavy atom. The maximum atomic E-state index is 14.8. The molecule has 9 rings (SSSR count). The fourth-order valence-electron chi connectivity index (χ4n) is 14.4. The number of ether oxygens (including phenoxy) is 1. The van der Waals surface area contributed by atoms with Crippen LogP contribution in [0.2, 0.25) is 0 Å². The number of aryl methyl sites for hydroxylation is 5. The monoisotopic (exact) mass is 1440 g/mol. The molecule has 1 saturated heterocycles. The molecule has 6 aromatic heterocycles. The smallest absolute Gasteiger partial charge is 0.305 e. The average molecular weight is 1450 g/mol. The highest BCUT2D eigenvalue weighted by Crippen LogP contribution is 2.36. The Kier molecular flexibility index (Phi) is 26.5. The third-order valence-corrected chi connectivity index (χ3v) is 19.9. The number of aliphatic carboxylic acids is 3. The van der Waals surface area contributed by atoms with Crippen molar-refractivity contribution in [3.8, 4) is 22.4 Å². The summed E-state index contributed by atoms with van der Waals surface area (Å²) < 4.78 is 10.6. The first-order valence-electron chi connectivity index (χ1n) is 36.5. The minimum absolute atomic E-state index is 0.0239. The zero-order valence-corrected chi connectivity index (χ0v) is 62.9. The van der Waals surface area contributed by atoms with Crippen LogP contribution in [0.1, 0.15) is 197 Å². The molecule has 106 heavy (non-hydrogen) atoms. The van der Waals surface area contributed by atoms with E-state index in [1.807, 2.05) is 132 Å². The van der Waals surface area contributed by atoms with Crippen molar-refractivity contribution < 1.29 is 48.8 Å². The van der Waals surface area contributed by atoms with Gasteiger partial charge in [-0.2, -0.15) is 0 Å². The minimum Gasteiger partial charge on any atom is -0.481 e. The number of rotatable bonds is 32. The number of nitrogens with zero attached hydrogens (tertiary/aromatic N) is 7. The molecule has 2 unspecified atom stereocenters. The number of anilines is 1. The summed E-state index contributed by atoms with van der Waals surface area (Å²) in [5.41, 5.74) is 11.3. The molecule has 7 heterocycles. The van der Waals surface area contributed by atoms with Gasteiger partial charge in [-0.05, 0) is 195 Å². The number of pyridine rings is 6. The molecule has 8 atom stereocenters. The standard InChI is InChI=1S/C83H100N10O13/c1-14-64-63(39-60(46-86-64)66(43-78(99)100)88-82(104)70(31-47(2)3)91-26-22-50(8)34-74(91)94)62-20-16-19-58(53(62)11)35-56-23-27-92(75(95)37-56)72(33-49(6)7)83(105)89-67(44-79(101)102)61-41-69(54(12)85-45-61)90-29-30-106-73(55(90)13)36-57-24-28-93(76(96)38-57)71(32-48(4)5)81(103)87-65(42-77(97)98)59-21-25-84-68(40-59)80-51(9)17-15-18-52(80)10/h15-28,34,37-41,45-49,55,65-67,70-73H,14,29-33,35-36,42-44H2,1-13H3,(H,87,103)(H,88,104)(H,89,105)(H,97,98)(H,99,100)(H,101,102)/t55-,65-,66-,67-,70?,71-,72-,73?/m0/s1. The van der Waals surface area contributed by atoms with E-state index in [0.717, 1.165) is 50.2 Å². The summed E-state index contributed by atoms with van der Waals surface area (Å²) in [7, 11) is 0. The third-order valence-electron chi connectivity index (χ3n) is 19.9. The van der Waals surface area contributed by atoms with Gasteiger partial charge in [0, 0.05) is 85.2 Å². The van der Waals surface area contributed by atoms with E-state index in [1.165, 1.54) is 31.9 Å². The Balaban J connectivity index is 0.903. The molecule has 23 nitrogen and oxygen atoms in total. The predicted octanol–water partition coefficient (Wildman–Crippen LogP) is 12.0. The molecule has 560 valence electrons. The molecular formula is C83H100N10O13. The van der Waals surface area contributed by atoms with E-state index in [0.29, 0.717) is 83.7 Å². The van der Waals surface area contributed by atoms with Crippen molar-refractivity contribution in [3.05, 3.63) is 232 Å². The molecule has 1 aliphatic heterocycles. The van der Waals surface area contributed by atoms with Crippen LogP contribution in [0, 0.1) is 52.4 Å². The third kappa shape index (κ3) is 19.8. The predicted molar refractivity (Wildman–Crippen MR) is 407 cm³/mol. The van der Waals surface area contributed by atoms with Crippen LogP contribution in [-0.2, 0) is 52.8 Å². The molecule has 0 bridgehead atoms. The van der Waals surface area contributed by atoms with Crippen molar-refractivity contribution in [2.24, 2.45) is 17.8 Å². The number of hydrogen-bond donors (Lipinski definition) is 6.